The summed E-state index contributed by atoms with van der Waals surface area (Å²) in [4.78, 5) is 22.7. The molecule has 3 aromatic rings. The monoisotopic (exact) mass is 352 g/mol. The molecule has 1 N–H and O–H groups in total. The molecule has 1 aromatic heterocycles. The Kier molecular flexibility index (Phi) is 4.93. The van der Waals surface area contributed by atoms with Crippen LogP contribution in [-0.4, -0.2) is 20.6 Å². The molecule has 0 fully saturated rings. The van der Waals surface area contributed by atoms with Gasteiger partial charge in [-0.1, -0.05) is 30.3 Å². The molecule has 0 spiro atoms. The van der Waals surface area contributed by atoms with Crippen LogP contribution in [0.2, 0.25) is 0 Å². The van der Waals surface area contributed by atoms with Crippen LogP contribution in [-0.2, 0) is 6.73 Å². The van der Waals surface area contributed by atoms with E-state index in [9.17, 15) is 14.9 Å². The van der Waals surface area contributed by atoms with Crippen LogP contribution in [0, 0.1) is 17.0 Å². The van der Waals surface area contributed by atoms with Crippen LogP contribution >= 0.6 is 0 Å². The van der Waals surface area contributed by atoms with Crippen LogP contribution in [0.5, 0.6) is 5.75 Å². The second kappa shape index (κ2) is 7.47. The number of benzene rings is 2. The minimum Gasteiger partial charge on any atom is -0.471 e. The van der Waals surface area contributed by atoms with Gasteiger partial charge in [0.25, 0.3) is 11.6 Å². The standard InChI is InChI=1S/C18H16N4O4/c1-13-6-2-5-9-17(13)26-12-21-11-10-15(20-21)18(23)19-14-7-3-4-8-16(14)22(24)25/h2-11H,12H2,1H3,(H,19,23). The lowest BCUT2D eigenvalue weighted by Gasteiger charge is -2.08. The van der Waals surface area contributed by atoms with Crippen LogP contribution in [0.4, 0.5) is 11.4 Å². The van der Waals surface area contributed by atoms with Crippen molar-refractivity contribution >= 4 is 17.3 Å². The molecule has 0 aliphatic heterocycles. The topological polar surface area (TPSA) is 99.3 Å². The zero-order chi connectivity index (χ0) is 18.5. The first kappa shape index (κ1) is 17.2. The molecule has 0 unspecified atom stereocenters. The number of amides is 1. The molecule has 3 rings (SSSR count). The van der Waals surface area contributed by atoms with Crippen molar-refractivity contribution < 1.29 is 14.5 Å². The lowest BCUT2D eigenvalue weighted by molar-refractivity contribution is -0.383. The Morgan fingerprint density at radius 1 is 1.19 bits per heavy atom. The van der Waals surface area contributed by atoms with Gasteiger partial charge in [-0.2, -0.15) is 5.10 Å². The maximum absolute atomic E-state index is 12.3. The molecule has 0 atom stereocenters. The second-order valence-electron chi connectivity index (χ2n) is 5.51. The molecule has 0 saturated carbocycles. The number of nitro groups is 1. The Hall–Kier alpha value is -3.68. The summed E-state index contributed by atoms with van der Waals surface area (Å²) in [5, 5.41) is 17.7. The van der Waals surface area contributed by atoms with Gasteiger partial charge in [-0.15, -0.1) is 0 Å². The number of hydrogen-bond donors (Lipinski definition) is 1. The molecule has 8 heteroatoms. The third-order valence-corrected chi connectivity index (χ3v) is 3.67. The number of hydrogen-bond acceptors (Lipinski definition) is 5. The Morgan fingerprint density at radius 2 is 1.92 bits per heavy atom. The predicted molar refractivity (Wildman–Crippen MR) is 95.1 cm³/mol. The highest BCUT2D eigenvalue weighted by Crippen LogP contribution is 2.23. The van der Waals surface area contributed by atoms with E-state index in [0.29, 0.717) is 0 Å². The molecule has 2 aromatic carbocycles. The highest BCUT2D eigenvalue weighted by atomic mass is 16.6. The molecule has 0 radical (unpaired) electrons. The van der Waals surface area contributed by atoms with E-state index >= 15 is 0 Å². The van der Waals surface area contributed by atoms with Gasteiger partial charge in [0, 0.05) is 12.3 Å². The summed E-state index contributed by atoms with van der Waals surface area (Å²) < 4.78 is 7.14. The predicted octanol–water partition coefficient (Wildman–Crippen LogP) is 3.39. The third-order valence-electron chi connectivity index (χ3n) is 3.67. The Morgan fingerprint density at radius 3 is 2.69 bits per heavy atom. The Balaban J connectivity index is 1.67. The fraction of sp³-hybridized carbons (Fsp3) is 0.111. The fourth-order valence-corrected chi connectivity index (χ4v) is 2.33. The number of aromatic nitrogens is 2. The van der Waals surface area contributed by atoms with E-state index in [1.807, 2.05) is 31.2 Å². The quantitative estimate of drug-likeness (QED) is 0.541. The lowest BCUT2D eigenvalue weighted by Crippen LogP contribution is -2.15. The number of ether oxygens (including phenoxy) is 1. The van der Waals surface area contributed by atoms with Gasteiger partial charge >= 0.3 is 0 Å². The van der Waals surface area contributed by atoms with Crippen LogP contribution in [0.15, 0.2) is 60.8 Å². The van der Waals surface area contributed by atoms with Gasteiger partial charge in [0.1, 0.15) is 11.4 Å². The van der Waals surface area contributed by atoms with Crippen molar-refractivity contribution in [2.24, 2.45) is 0 Å². The highest BCUT2D eigenvalue weighted by Gasteiger charge is 2.17. The minimum absolute atomic E-state index is 0.119. The molecule has 1 amide bonds. The van der Waals surface area contributed by atoms with Crippen LogP contribution in [0.25, 0.3) is 0 Å². The van der Waals surface area contributed by atoms with Crippen LogP contribution < -0.4 is 10.1 Å². The first-order valence-electron chi connectivity index (χ1n) is 7.81. The average Bonchev–Trinajstić information content (AvgIpc) is 3.10. The van der Waals surface area contributed by atoms with E-state index in [-0.39, 0.29) is 23.8 Å². The van der Waals surface area contributed by atoms with Gasteiger partial charge in [-0.3, -0.25) is 14.9 Å². The van der Waals surface area contributed by atoms with Crippen molar-refractivity contribution in [1.29, 1.82) is 0 Å². The summed E-state index contributed by atoms with van der Waals surface area (Å²) in [5.41, 5.74) is 1.07. The molecular formula is C18H16N4O4. The van der Waals surface area contributed by atoms with Gasteiger partial charge in [0.15, 0.2) is 12.4 Å². The number of rotatable bonds is 6. The number of carbonyl (C=O) groups is 1. The normalized spacial score (nSPS) is 10.3. The summed E-state index contributed by atoms with van der Waals surface area (Å²) in [6, 6.07) is 15.0. The van der Waals surface area contributed by atoms with Crippen molar-refractivity contribution in [3.8, 4) is 5.75 Å². The van der Waals surface area contributed by atoms with Gasteiger partial charge < -0.3 is 10.1 Å². The molecule has 132 valence electrons. The van der Waals surface area contributed by atoms with E-state index in [1.54, 1.807) is 12.3 Å². The average molecular weight is 352 g/mol. The Bertz CT molecular complexity index is 952. The van der Waals surface area contributed by atoms with Gasteiger partial charge in [-0.25, -0.2) is 4.68 Å². The van der Waals surface area contributed by atoms with E-state index in [0.717, 1.165) is 11.3 Å². The third kappa shape index (κ3) is 3.86. The number of aryl methyl sites for hydroxylation is 1. The largest absolute Gasteiger partial charge is 0.471 e. The SMILES string of the molecule is Cc1ccccc1OCn1ccc(C(=O)Nc2ccccc2[N+](=O)[O-])n1. The lowest BCUT2D eigenvalue weighted by atomic mass is 10.2. The van der Waals surface area contributed by atoms with Crippen molar-refractivity contribution in [2.75, 3.05) is 5.32 Å². The number of nitro benzene ring substituents is 1. The molecule has 0 aliphatic carbocycles. The molecule has 8 nitrogen and oxygen atoms in total. The first-order valence-corrected chi connectivity index (χ1v) is 7.81. The molecule has 26 heavy (non-hydrogen) atoms. The van der Waals surface area contributed by atoms with Crippen molar-refractivity contribution in [3.63, 3.8) is 0 Å². The molecule has 0 aliphatic rings. The Labute approximate surface area is 149 Å². The van der Waals surface area contributed by atoms with E-state index in [2.05, 4.69) is 10.4 Å². The first-order chi connectivity index (χ1) is 12.5. The molecule has 0 bridgehead atoms. The summed E-state index contributed by atoms with van der Waals surface area (Å²) in [7, 11) is 0. The number of para-hydroxylation sites is 3. The smallest absolute Gasteiger partial charge is 0.292 e. The minimum atomic E-state index is -0.551. The summed E-state index contributed by atoms with van der Waals surface area (Å²) in [6.45, 7) is 2.08. The summed E-state index contributed by atoms with van der Waals surface area (Å²) in [5.74, 6) is 0.197. The fourth-order valence-electron chi connectivity index (χ4n) is 2.33. The number of anilines is 1. The molecule has 0 saturated heterocycles. The van der Waals surface area contributed by atoms with Gasteiger partial charge in [-0.05, 0) is 30.7 Å². The second-order valence-corrected chi connectivity index (χ2v) is 5.51. The van der Waals surface area contributed by atoms with Crippen LogP contribution in [0.3, 0.4) is 0 Å². The van der Waals surface area contributed by atoms with Crippen LogP contribution in [0.1, 0.15) is 16.1 Å². The number of nitrogens with one attached hydrogen (secondary N) is 1. The van der Waals surface area contributed by atoms with Crippen molar-refractivity contribution in [3.05, 3.63) is 82.2 Å². The van der Waals surface area contributed by atoms with E-state index < -0.39 is 10.8 Å². The zero-order valence-corrected chi connectivity index (χ0v) is 14.0. The highest BCUT2D eigenvalue weighted by molar-refractivity contribution is 6.04. The zero-order valence-electron chi connectivity index (χ0n) is 14.0. The maximum Gasteiger partial charge on any atom is 0.292 e. The number of nitrogens with zero attached hydrogens (tertiary/aromatic N) is 3. The van der Waals surface area contributed by atoms with Crippen molar-refractivity contribution in [1.82, 2.24) is 9.78 Å². The molecular weight excluding hydrogens is 336 g/mol. The van der Waals surface area contributed by atoms with E-state index in [1.165, 1.54) is 28.9 Å². The van der Waals surface area contributed by atoms with Gasteiger partial charge in [0.2, 0.25) is 0 Å². The van der Waals surface area contributed by atoms with E-state index in [4.69, 9.17) is 4.74 Å². The van der Waals surface area contributed by atoms with Gasteiger partial charge in [0.05, 0.1) is 4.92 Å². The van der Waals surface area contributed by atoms with Crippen molar-refractivity contribution in [2.45, 2.75) is 13.7 Å². The summed E-state index contributed by atoms with van der Waals surface area (Å²) in [6.07, 6.45) is 1.60. The molecule has 1 heterocycles. The number of carbonyl (C=O) groups excluding carboxylic acids is 1. The summed E-state index contributed by atoms with van der Waals surface area (Å²) >= 11 is 0. The maximum atomic E-state index is 12.3.